The van der Waals surface area contributed by atoms with Crippen molar-refractivity contribution in [3.63, 3.8) is 0 Å². The largest absolute Gasteiger partial charge is 0.375 e. The van der Waals surface area contributed by atoms with Gasteiger partial charge in [0.05, 0.1) is 0 Å². The molecule has 3 N–H and O–H groups in total. The summed E-state index contributed by atoms with van der Waals surface area (Å²) in [5.41, 5.74) is -0.625. The van der Waals surface area contributed by atoms with E-state index in [-0.39, 0.29) is 17.9 Å². The van der Waals surface area contributed by atoms with Gasteiger partial charge in [-0.3, -0.25) is 4.79 Å². The van der Waals surface area contributed by atoms with Crippen molar-refractivity contribution < 1.29 is 9.90 Å². The van der Waals surface area contributed by atoms with Gasteiger partial charge in [0.15, 0.2) is 5.60 Å². The van der Waals surface area contributed by atoms with Gasteiger partial charge in [0.1, 0.15) is 0 Å². The van der Waals surface area contributed by atoms with E-state index in [0.717, 1.165) is 37.9 Å². The van der Waals surface area contributed by atoms with Crippen molar-refractivity contribution in [1.82, 2.24) is 10.6 Å². The molecule has 4 rings (SSSR count). The molecule has 3 fully saturated rings. The first-order valence-corrected chi connectivity index (χ1v) is 8.01. The summed E-state index contributed by atoms with van der Waals surface area (Å²) in [5.74, 6) is 0.986. The Labute approximate surface area is 124 Å². The third kappa shape index (κ3) is 2.00. The molecule has 4 nitrogen and oxygen atoms in total. The molecule has 0 aromatic heterocycles. The maximum atomic E-state index is 12.8. The minimum absolute atomic E-state index is 0.0524. The van der Waals surface area contributed by atoms with E-state index in [2.05, 4.69) is 10.6 Å². The average molecular weight is 286 g/mol. The third-order valence-electron chi connectivity index (χ3n) is 5.65. The van der Waals surface area contributed by atoms with Gasteiger partial charge in [-0.25, -0.2) is 0 Å². The van der Waals surface area contributed by atoms with E-state index in [1.807, 2.05) is 30.3 Å². The summed E-state index contributed by atoms with van der Waals surface area (Å²) in [6, 6.07) is 9.69. The van der Waals surface area contributed by atoms with E-state index in [9.17, 15) is 9.90 Å². The quantitative estimate of drug-likeness (QED) is 0.774. The average Bonchev–Trinajstić information content (AvgIpc) is 2.88. The highest BCUT2D eigenvalue weighted by molar-refractivity contribution is 5.87. The highest BCUT2D eigenvalue weighted by Crippen LogP contribution is 2.45. The molecule has 3 aliphatic rings. The molecule has 2 unspecified atom stereocenters. The topological polar surface area (TPSA) is 61.4 Å². The van der Waals surface area contributed by atoms with E-state index in [1.165, 1.54) is 0 Å². The Bertz CT molecular complexity index is 533. The first-order valence-electron chi connectivity index (χ1n) is 8.01. The summed E-state index contributed by atoms with van der Waals surface area (Å²) in [5, 5.41) is 17.6. The number of hydrogen-bond acceptors (Lipinski definition) is 3. The molecule has 1 aromatic rings. The molecular weight excluding hydrogens is 264 g/mol. The Morgan fingerprint density at radius 3 is 2.43 bits per heavy atom. The second-order valence-corrected chi connectivity index (χ2v) is 6.75. The number of carbonyl (C=O) groups excluding carboxylic acids is 1. The summed E-state index contributed by atoms with van der Waals surface area (Å²) < 4.78 is 0. The molecule has 4 heteroatoms. The molecule has 2 aliphatic carbocycles. The van der Waals surface area contributed by atoms with Crippen LogP contribution in [0.3, 0.4) is 0 Å². The first-order chi connectivity index (χ1) is 10.2. The van der Waals surface area contributed by atoms with Crippen molar-refractivity contribution in [1.29, 1.82) is 0 Å². The van der Waals surface area contributed by atoms with Crippen LogP contribution in [0.1, 0.15) is 24.8 Å². The normalized spacial score (nSPS) is 33.7. The Morgan fingerprint density at radius 1 is 1.19 bits per heavy atom. The molecular formula is C17H22N2O2. The van der Waals surface area contributed by atoms with Crippen LogP contribution in [0.2, 0.25) is 0 Å². The summed E-state index contributed by atoms with van der Waals surface area (Å²) in [7, 11) is 0. The predicted molar refractivity (Wildman–Crippen MR) is 79.5 cm³/mol. The number of rotatable bonds is 4. The molecule has 4 atom stereocenters. The second kappa shape index (κ2) is 4.82. The van der Waals surface area contributed by atoms with Crippen molar-refractivity contribution in [2.75, 3.05) is 13.1 Å². The Hall–Kier alpha value is -1.39. The minimum Gasteiger partial charge on any atom is -0.375 e. The zero-order valence-corrected chi connectivity index (χ0v) is 12.1. The lowest BCUT2D eigenvalue weighted by Crippen LogP contribution is -2.53. The smallest absolute Gasteiger partial charge is 0.257 e. The van der Waals surface area contributed by atoms with Crippen molar-refractivity contribution in [2.24, 2.45) is 17.8 Å². The number of nitrogens with one attached hydrogen (secondary N) is 2. The van der Waals surface area contributed by atoms with E-state index in [1.54, 1.807) is 0 Å². The third-order valence-corrected chi connectivity index (χ3v) is 5.65. The van der Waals surface area contributed by atoms with E-state index in [0.29, 0.717) is 11.8 Å². The van der Waals surface area contributed by atoms with E-state index >= 15 is 0 Å². The number of fused-ring (bicyclic) bond motifs is 1. The molecule has 1 aliphatic heterocycles. The summed E-state index contributed by atoms with van der Waals surface area (Å²) in [4.78, 5) is 12.8. The van der Waals surface area contributed by atoms with Gasteiger partial charge < -0.3 is 15.7 Å². The highest BCUT2D eigenvalue weighted by atomic mass is 16.3. The maximum Gasteiger partial charge on any atom is 0.257 e. The number of aliphatic hydroxyl groups is 1. The van der Waals surface area contributed by atoms with Crippen LogP contribution in [0.5, 0.6) is 0 Å². The van der Waals surface area contributed by atoms with Crippen LogP contribution in [0.15, 0.2) is 30.3 Å². The molecule has 2 saturated carbocycles. The number of benzene rings is 1. The molecule has 1 amide bonds. The van der Waals surface area contributed by atoms with Gasteiger partial charge in [0.25, 0.3) is 5.91 Å². The van der Waals surface area contributed by atoms with Gasteiger partial charge in [-0.15, -0.1) is 0 Å². The fourth-order valence-corrected chi connectivity index (χ4v) is 3.96. The van der Waals surface area contributed by atoms with Crippen LogP contribution in [0, 0.1) is 17.8 Å². The molecule has 112 valence electrons. The second-order valence-electron chi connectivity index (χ2n) is 6.75. The number of carbonyl (C=O) groups is 1. The lowest BCUT2D eigenvalue weighted by molar-refractivity contribution is -0.152. The number of piperidine rings is 1. The predicted octanol–water partition coefficient (Wildman–Crippen LogP) is 1.01. The highest BCUT2D eigenvalue weighted by Gasteiger charge is 2.56. The van der Waals surface area contributed by atoms with Gasteiger partial charge in [-0.05, 0) is 30.2 Å². The van der Waals surface area contributed by atoms with Crippen LogP contribution in [0.4, 0.5) is 0 Å². The Kier molecular flexibility index (Phi) is 3.05. The summed E-state index contributed by atoms with van der Waals surface area (Å²) in [6.45, 7) is 1.98. The van der Waals surface area contributed by atoms with Crippen LogP contribution in [-0.2, 0) is 10.4 Å². The van der Waals surface area contributed by atoms with Gasteiger partial charge in [-0.2, -0.15) is 0 Å². The zero-order chi connectivity index (χ0) is 14.4. The fourth-order valence-electron chi connectivity index (χ4n) is 3.96. The van der Waals surface area contributed by atoms with Gasteiger partial charge in [0, 0.05) is 25.0 Å². The van der Waals surface area contributed by atoms with Crippen LogP contribution in [0.25, 0.3) is 0 Å². The number of hydrogen-bond donors (Lipinski definition) is 3. The van der Waals surface area contributed by atoms with Crippen molar-refractivity contribution in [2.45, 2.75) is 30.9 Å². The molecule has 0 radical (unpaired) electrons. The Balaban J connectivity index is 1.56. The lowest BCUT2D eigenvalue weighted by atomic mass is 9.69. The monoisotopic (exact) mass is 286 g/mol. The molecule has 0 bridgehead atoms. The molecule has 0 spiro atoms. The fraction of sp³-hybridized carbons (Fsp3) is 0.588. The van der Waals surface area contributed by atoms with E-state index < -0.39 is 5.60 Å². The zero-order valence-electron chi connectivity index (χ0n) is 12.1. The van der Waals surface area contributed by atoms with Gasteiger partial charge in [-0.1, -0.05) is 36.8 Å². The molecule has 1 heterocycles. The first kappa shape index (κ1) is 13.3. The van der Waals surface area contributed by atoms with Gasteiger partial charge >= 0.3 is 0 Å². The van der Waals surface area contributed by atoms with E-state index in [4.69, 9.17) is 0 Å². The maximum absolute atomic E-state index is 12.8. The summed E-state index contributed by atoms with van der Waals surface area (Å²) in [6.07, 6.45) is 2.96. The van der Waals surface area contributed by atoms with Gasteiger partial charge in [0.2, 0.25) is 0 Å². The Morgan fingerprint density at radius 2 is 1.86 bits per heavy atom. The standard InChI is InChI=1S/C17H22N2O2/c20-16(19-15-13-9-18-10-14(13)15)17(21,12-7-4-8-12)11-5-2-1-3-6-11/h1-3,5-6,12-15,18,21H,4,7-10H2,(H,19,20)/t13-,14?,15+,17?/m0/s1. The molecule has 21 heavy (non-hydrogen) atoms. The van der Waals surface area contributed by atoms with Crippen LogP contribution < -0.4 is 10.6 Å². The molecule has 1 saturated heterocycles. The molecule has 1 aromatic carbocycles. The van der Waals surface area contributed by atoms with Crippen molar-refractivity contribution in [3.8, 4) is 0 Å². The summed E-state index contributed by atoms with van der Waals surface area (Å²) >= 11 is 0. The SMILES string of the molecule is O=C(N[C@H]1C2CNC[C@@H]21)C(O)(c1ccccc1)C1CCC1. The minimum atomic E-state index is -1.36. The van der Waals surface area contributed by atoms with Crippen molar-refractivity contribution in [3.05, 3.63) is 35.9 Å². The van der Waals surface area contributed by atoms with Crippen LogP contribution in [-0.4, -0.2) is 30.1 Å². The number of amides is 1. The van der Waals surface area contributed by atoms with Crippen LogP contribution >= 0.6 is 0 Å². The lowest BCUT2D eigenvalue weighted by Gasteiger charge is -2.40. The van der Waals surface area contributed by atoms with Crippen molar-refractivity contribution >= 4 is 5.91 Å².